The first-order valence-electron chi connectivity index (χ1n) is 4.48. The fraction of sp³-hybridized carbons (Fsp3) is 0.300. The molecule has 0 N–H and O–H groups in total. The maximum atomic E-state index is 5.74. The molecule has 0 atom stereocenters. The lowest BCUT2D eigenvalue weighted by Gasteiger charge is -1.89. The molecule has 0 radical (unpaired) electrons. The molecule has 5 heteroatoms. The summed E-state index contributed by atoms with van der Waals surface area (Å²) in [7, 11) is 0. The fourth-order valence-corrected chi connectivity index (χ4v) is 4.08. The van der Waals surface area contributed by atoms with E-state index in [2.05, 4.69) is 33.0 Å². The Hall–Kier alpha value is 0.1000. The number of hydrogen-bond acceptors (Lipinski definition) is 3. The number of halogens is 2. The van der Waals surface area contributed by atoms with E-state index in [0.29, 0.717) is 5.88 Å². The highest BCUT2D eigenvalue weighted by Crippen LogP contribution is 2.35. The largest absolute Gasteiger partial charge is 0.240 e. The molecule has 0 aromatic carbocycles. The van der Waals surface area contributed by atoms with Gasteiger partial charge in [-0.1, -0.05) is 0 Å². The standard InChI is InChI=1S/C10H9BrClNS2/c1-6-7(4-5-12)15-10(13-6)8-2-3-9(11)14-8/h2-3H,4-5H2,1H3. The number of aryl methyl sites for hydroxylation is 2. The SMILES string of the molecule is Cc1nc(-c2ccc(Br)s2)sc1CCCl. The molecule has 0 aliphatic carbocycles. The number of hydrogen-bond donors (Lipinski definition) is 0. The van der Waals surface area contributed by atoms with Gasteiger partial charge in [-0.25, -0.2) is 4.98 Å². The average Bonchev–Trinajstić information content (AvgIpc) is 2.75. The lowest BCUT2D eigenvalue weighted by molar-refractivity contribution is 1.12. The van der Waals surface area contributed by atoms with Gasteiger partial charge in [0.25, 0.3) is 0 Å². The Bertz CT molecular complexity index is 464. The minimum absolute atomic E-state index is 0.663. The van der Waals surface area contributed by atoms with Gasteiger partial charge in [-0.05, 0) is 41.4 Å². The van der Waals surface area contributed by atoms with Crippen LogP contribution < -0.4 is 0 Å². The van der Waals surface area contributed by atoms with E-state index in [9.17, 15) is 0 Å². The normalized spacial score (nSPS) is 10.9. The molecule has 0 aliphatic heterocycles. The highest BCUT2D eigenvalue weighted by Gasteiger charge is 2.10. The van der Waals surface area contributed by atoms with Gasteiger partial charge < -0.3 is 0 Å². The average molecular weight is 323 g/mol. The summed E-state index contributed by atoms with van der Waals surface area (Å²) in [6.45, 7) is 2.05. The third kappa shape index (κ3) is 2.61. The Labute approximate surface area is 110 Å². The van der Waals surface area contributed by atoms with E-state index in [1.165, 1.54) is 9.75 Å². The van der Waals surface area contributed by atoms with Gasteiger partial charge in [0.1, 0.15) is 5.01 Å². The van der Waals surface area contributed by atoms with Gasteiger partial charge in [0, 0.05) is 10.8 Å². The summed E-state index contributed by atoms with van der Waals surface area (Å²) in [5, 5.41) is 1.10. The summed E-state index contributed by atoms with van der Waals surface area (Å²) in [5.41, 5.74) is 1.11. The first-order chi connectivity index (χ1) is 7.20. The predicted octanol–water partition coefficient (Wildman–Crippen LogP) is 4.72. The third-order valence-electron chi connectivity index (χ3n) is 2.00. The Morgan fingerprint density at radius 1 is 1.40 bits per heavy atom. The number of alkyl halides is 1. The highest BCUT2D eigenvalue weighted by atomic mass is 79.9. The molecule has 0 fully saturated rings. The van der Waals surface area contributed by atoms with Crippen LogP contribution in [-0.2, 0) is 6.42 Å². The van der Waals surface area contributed by atoms with Gasteiger partial charge >= 0.3 is 0 Å². The molecule has 0 saturated heterocycles. The number of thiophene rings is 1. The van der Waals surface area contributed by atoms with Gasteiger partial charge in [0.15, 0.2) is 0 Å². The van der Waals surface area contributed by atoms with Crippen LogP contribution in [0.4, 0.5) is 0 Å². The van der Waals surface area contributed by atoms with Crippen LogP contribution in [0.2, 0.25) is 0 Å². The second kappa shape index (κ2) is 4.95. The Morgan fingerprint density at radius 2 is 2.20 bits per heavy atom. The molecule has 0 aliphatic rings. The van der Waals surface area contributed by atoms with E-state index in [0.717, 1.165) is 20.9 Å². The quantitative estimate of drug-likeness (QED) is 0.745. The van der Waals surface area contributed by atoms with Gasteiger partial charge in [0.2, 0.25) is 0 Å². The van der Waals surface area contributed by atoms with E-state index in [1.807, 2.05) is 6.92 Å². The van der Waals surface area contributed by atoms with Crippen molar-refractivity contribution < 1.29 is 0 Å². The first-order valence-corrected chi connectivity index (χ1v) is 7.44. The van der Waals surface area contributed by atoms with Crippen molar-refractivity contribution in [3.8, 4) is 9.88 Å². The molecular formula is C10H9BrClNS2. The number of rotatable bonds is 3. The second-order valence-electron chi connectivity index (χ2n) is 3.07. The van der Waals surface area contributed by atoms with E-state index in [-0.39, 0.29) is 0 Å². The van der Waals surface area contributed by atoms with Crippen LogP contribution in [0.15, 0.2) is 15.9 Å². The summed E-state index contributed by atoms with van der Waals surface area (Å²) in [4.78, 5) is 7.08. The van der Waals surface area contributed by atoms with Crippen LogP contribution in [0.1, 0.15) is 10.6 Å². The highest BCUT2D eigenvalue weighted by molar-refractivity contribution is 9.11. The molecule has 2 heterocycles. The molecule has 2 aromatic rings. The van der Waals surface area contributed by atoms with Gasteiger partial charge in [-0.15, -0.1) is 34.3 Å². The maximum Gasteiger partial charge on any atom is 0.133 e. The van der Waals surface area contributed by atoms with Crippen molar-refractivity contribution in [3.63, 3.8) is 0 Å². The lowest BCUT2D eigenvalue weighted by Crippen LogP contribution is -1.83. The molecule has 0 bridgehead atoms. The molecule has 15 heavy (non-hydrogen) atoms. The fourth-order valence-electron chi connectivity index (χ4n) is 1.28. The van der Waals surface area contributed by atoms with Crippen molar-refractivity contribution in [1.29, 1.82) is 0 Å². The zero-order valence-electron chi connectivity index (χ0n) is 8.09. The van der Waals surface area contributed by atoms with Gasteiger partial charge in [-0.3, -0.25) is 0 Å². The topological polar surface area (TPSA) is 12.9 Å². The molecular weight excluding hydrogens is 314 g/mol. The summed E-state index contributed by atoms with van der Waals surface area (Å²) >= 11 is 12.7. The molecule has 1 nitrogen and oxygen atoms in total. The summed E-state index contributed by atoms with van der Waals surface area (Å²) in [6, 6.07) is 4.15. The molecule has 2 aromatic heterocycles. The van der Waals surface area contributed by atoms with Crippen LogP contribution in [0.5, 0.6) is 0 Å². The molecule has 0 unspecified atom stereocenters. The molecule has 2 rings (SSSR count). The minimum atomic E-state index is 0.663. The van der Waals surface area contributed by atoms with E-state index < -0.39 is 0 Å². The van der Waals surface area contributed by atoms with Gasteiger partial charge in [-0.2, -0.15) is 0 Å². The van der Waals surface area contributed by atoms with Gasteiger partial charge in [0.05, 0.1) is 14.4 Å². The smallest absolute Gasteiger partial charge is 0.133 e. The van der Waals surface area contributed by atoms with Crippen LogP contribution >= 0.6 is 50.2 Å². The Morgan fingerprint density at radius 3 is 2.80 bits per heavy atom. The van der Waals surface area contributed by atoms with Crippen molar-refractivity contribution >= 4 is 50.2 Å². The van der Waals surface area contributed by atoms with E-state index in [4.69, 9.17) is 11.6 Å². The summed E-state index contributed by atoms with van der Waals surface area (Å²) in [6.07, 6.45) is 0.914. The minimum Gasteiger partial charge on any atom is -0.240 e. The summed E-state index contributed by atoms with van der Waals surface area (Å²) < 4.78 is 1.14. The Kier molecular flexibility index (Phi) is 3.83. The van der Waals surface area contributed by atoms with E-state index >= 15 is 0 Å². The second-order valence-corrected chi connectivity index (χ2v) is 6.99. The number of aromatic nitrogens is 1. The zero-order chi connectivity index (χ0) is 10.8. The van der Waals surface area contributed by atoms with Crippen LogP contribution in [0.25, 0.3) is 9.88 Å². The molecule has 0 spiro atoms. The third-order valence-corrected chi connectivity index (χ3v) is 5.20. The summed E-state index contributed by atoms with van der Waals surface area (Å²) in [5.74, 6) is 0.663. The molecule has 80 valence electrons. The first kappa shape index (κ1) is 11.6. The molecule has 0 saturated carbocycles. The van der Waals surface area contributed by atoms with Crippen LogP contribution in [0, 0.1) is 6.92 Å². The lowest BCUT2D eigenvalue weighted by atomic mass is 10.3. The van der Waals surface area contributed by atoms with Crippen LogP contribution in [-0.4, -0.2) is 10.9 Å². The van der Waals surface area contributed by atoms with Crippen molar-refractivity contribution in [3.05, 3.63) is 26.5 Å². The number of thiazole rings is 1. The van der Waals surface area contributed by atoms with Crippen molar-refractivity contribution in [2.45, 2.75) is 13.3 Å². The van der Waals surface area contributed by atoms with Crippen molar-refractivity contribution in [2.24, 2.45) is 0 Å². The molecule has 0 amide bonds. The maximum absolute atomic E-state index is 5.74. The monoisotopic (exact) mass is 321 g/mol. The number of nitrogens with zero attached hydrogens (tertiary/aromatic N) is 1. The zero-order valence-corrected chi connectivity index (χ0v) is 12.1. The van der Waals surface area contributed by atoms with E-state index in [1.54, 1.807) is 22.7 Å². The van der Waals surface area contributed by atoms with Crippen molar-refractivity contribution in [1.82, 2.24) is 4.98 Å². The van der Waals surface area contributed by atoms with Crippen molar-refractivity contribution in [2.75, 3.05) is 5.88 Å². The Balaban J connectivity index is 2.33. The predicted molar refractivity (Wildman–Crippen MR) is 72.3 cm³/mol. The van der Waals surface area contributed by atoms with Crippen LogP contribution in [0.3, 0.4) is 0 Å².